The van der Waals surface area contributed by atoms with Crippen molar-refractivity contribution in [3.63, 3.8) is 0 Å². The normalized spacial score (nSPS) is 11.5. The van der Waals surface area contributed by atoms with Gasteiger partial charge in [0.2, 0.25) is 0 Å². The van der Waals surface area contributed by atoms with Gasteiger partial charge in [-0.2, -0.15) is 51.6 Å². The second-order valence-electron chi connectivity index (χ2n) is 3.42. The second kappa shape index (κ2) is 13.0. The summed E-state index contributed by atoms with van der Waals surface area (Å²) >= 11 is 0. The number of aliphatic hydroxyl groups is 3. The number of hydrogen-bond donors (Lipinski definition) is 3. The standard InChI is InChI=1S/C8H4F9Si.3CH4O.Zr/c9-6(10,11)18(7(12,13)14,8(15,16)17)5-3-1-2-4-5;3*1-2;/h1-4H;3*2H,1H3;/q-1;;;;. The summed E-state index contributed by atoms with van der Waals surface area (Å²) in [7, 11) is -4.72. The molecule has 150 valence electrons. The molecule has 0 radical (unpaired) electrons. The zero-order valence-corrected chi connectivity index (χ0v) is 16.5. The van der Waals surface area contributed by atoms with Crippen LogP contribution in [0.2, 0.25) is 0 Å². The number of aliphatic hydroxyl groups excluding tert-OH is 3. The first-order valence-corrected chi connectivity index (χ1v) is 7.62. The molecule has 25 heavy (non-hydrogen) atoms. The average Bonchev–Trinajstić information content (AvgIpc) is 2.95. The van der Waals surface area contributed by atoms with Crippen molar-refractivity contribution in [2.45, 2.75) is 17.4 Å². The molecule has 0 unspecified atom stereocenters. The molecule has 1 aromatic rings. The predicted octanol–water partition coefficient (Wildman–Crippen LogP) is 2.19. The largest absolute Gasteiger partial charge is 0.400 e. The van der Waals surface area contributed by atoms with E-state index >= 15 is 0 Å². The van der Waals surface area contributed by atoms with Gasteiger partial charge in [-0.15, -0.1) is 5.19 Å². The zero-order valence-electron chi connectivity index (χ0n) is 13.1. The fraction of sp³-hybridized carbons (Fsp3) is 0.545. The monoisotopic (exact) mass is 485 g/mol. The summed E-state index contributed by atoms with van der Waals surface area (Å²) in [5.74, 6) is -19.2. The van der Waals surface area contributed by atoms with E-state index in [4.69, 9.17) is 15.3 Å². The summed E-state index contributed by atoms with van der Waals surface area (Å²) in [5.41, 5.74) is 0. The molecule has 3 nitrogen and oxygen atoms in total. The van der Waals surface area contributed by atoms with Crippen LogP contribution >= 0.6 is 0 Å². The van der Waals surface area contributed by atoms with Gasteiger partial charge in [-0.25, -0.2) is 12.1 Å². The van der Waals surface area contributed by atoms with E-state index in [1.54, 1.807) is 0 Å². The maximum atomic E-state index is 12.6. The van der Waals surface area contributed by atoms with Gasteiger partial charge in [0.15, 0.2) is 0 Å². The van der Waals surface area contributed by atoms with Crippen molar-refractivity contribution in [2.24, 2.45) is 0 Å². The molecule has 0 amide bonds. The number of halogens is 9. The minimum atomic E-state index is -7.72. The Bertz CT molecular complexity index is 380. The third-order valence-electron chi connectivity index (χ3n) is 2.37. The van der Waals surface area contributed by atoms with Gasteiger partial charge in [0.05, 0.1) is 0 Å². The van der Waals surface area contributed by atoms with Crippen LogP contribution in [0.15, 0.2) is 24.3 Å². The zero-order chi connectivity index (χ0) is 20.4. The molecule has 0 aliphatic heterocycles. The van der Waals surface area contributed by atoms with E-state index in [2.05, 4.69) is 0 Å². The molecule has 0 fully saturated rings. The maximum absolute atomic E-state index is 12.6. The molecule has 0 heterocycles. The van der Waals surface area contributed by atoms with Crippen LogP contribution in [-0.2, 0) is 26.2 Å². The van der Waals surface area contributed by atoms with Crippen molar-refractivity contribution in [3.05, 3.63) is 24.3 Å². The maximum Gasteiger partial charge on any atom is 0.399 e. The van der Waals surface area contributed by atoms with E-state index in [0.29, 0.717) is 12.1 Å². The van der Waals surface area contributed by atoms with Gasteiger partial charge >= 0.3 is 25.5 Å². The first-order chi connectivity index (χ1) is 10.9. The smallest absolute Gasteiger partial charge is 0.399 e. The van der Waals surface area contributed by atoms with Crippen LogP contribution in [0.4, 0.5) is 39.5 Å². The van der Waals surface area contributed by atoms with Crippen molar-refractivity contribution in [3.8, 4) is 0 Å². The van der Waals surface area contributed by atoms with E-state index < -0.39 is 30.7 Å². The van der Waals surface area contributed by atoms with Crippen molar-refractivity contribution in [1.82, 2.24) is 0 Å². The Labute approximate surface area is 157 Å². The summed E-state index contributed by atoms with van der Waals surface area (Å²) in [6.07, 6.45) is 0. The van der Waals surface area contributed by atoms with Gasteiger partial charge in [0.1, 0.15) is 0 Å². The molecular formula is C11H16F9O3SiZr-. The number of hydrogen-bond acceptors (Lipinski definition) is 3. The van der Waals surface area contributed by atoms with Gasteiger partial charge in [-0.3, -0.25) is 0 Å². The fourth-order valence-corrected chi connectivity index (χ4v) is 4.24. The van der Waals surface area contributed by atoms with E-state index in [1.807, 2.05) is 0 Å². The Kier molecular flexibility index (Phi) is 16.8. The number of rotatable bonds is 1. The molecule has 0 saturated carbocycles. The molecule has 1 aromatic carbocycles. The molecule has 3 N–H and O–H groups in total. The third kappa shape index (κ3) is 7.08. The van der Waals surface area contributed by atoms with Crippen LogP contribution < -0.4 is 5.19 Å². The van der Waals surface area contributed by atoms with Crippen molar-refractivity contribution < 1.29 is 81.0 Å². The molecule has 1 rings (SSSR count). The molecule has 0 aliphatic carbocycles. The Morgan fingerprint density at radius 2 is 0.800 bits per heavy atom. The van der Waals surface area contributed by atoms with Gasteiger partial charge in [-0.05, 0) is 0 Å². The van der Waals surface area contributed by atoms with E-state index in [0.717, 1.165) is 21.3 Å². The molecule has 0 aliphatic rings. The molecular weight excluding hydrogens is 470 g/mol. The molecule has 0 saturated heterocycles. The Morgan fingerprint density at radius 1 is 0.600 bits per heavy atom. The van der Waals surface area contributed by atoms with Crippen LogP contribution in [0.1, 0.15) is 0 Å². The molecule has 0 atom stereocenters. The summed E-state index contributed by atoms with van der Waals surface area (Å²) < 4.78 is 113. The minimum absolute atomic E-state index is 0. The SMILES string of the molecule is CO.CO.CO.FC(F)(F)[Si]([c-]1cccc1)(C(F)(F)F)C(F)(F)F.[Zr]. The predicted molar refractivity (Wildman–Crippen MR) is 70.0 cm³/mol. The quantitative estimate of drug-likeness (QED) is 0.324. The van der Waals surface area contributed by atoms with Crippen molar-refractivity contribution in [1.29, 1.82) is 0 Å². The Hall–Kier alpha value is -0.300. The molecule has 14 heteroatoms. The molecule has 0 bridgehead atoms. The summed E-state index contributed by atoms with van der Waals surface area (Å²) in [5, 5.41) is 19.2. The minimum Gasteiger partial charge on any atom is -0.400 e. The van der Waals surface area contributed by atoms with Crippen LogP contribution in [0.5, 0.6) is 0 Å². The van der Waals surface area contributed by atoms with Gasteiger partial charge in [0.25, 0.3) is 0 Å². The first kappa shape index (κ1) is 32.4. The first-order valence-electron chi connectivity index (χ1n) is 5.62. The summed E-state index contributed by atoms with van der Waals surface area (Å²) in [4.78, 5) is 0. The van der Waals surface area contributed by atoms with Crippen LogP contribution in [0.3, 0.4) is 0 Å². The van der Waals surface area contributed by atoms with E-state index in [1.165, 1.54) is 0 Å². The summed E-state index contributed by atoms with van der Waals surface area (Å²) in [6, 6.07) is 1.84. The third-order valence-corrected chi connectivity index (χ3v) is 6.12. The average molecular weight is 487 g/mol. The fourth-order valence-electron chi connectivity index (χ4n) is 1.60. The molecule has 0 aromatic heterocycles. The van der Waals surface area contributed by atoms with Crippen LogP contribution in [0, 0.1) is 0 Å². The van der Waals surface area contributed by atoms with E-state index in [9.17, 15) is 39.5 Å². The second-order valence-corrected chi connectivity index (χ2v) is 7.20. The molecule has 0 spiro atoms. The van der Waals surface area contributed by atoms with Crippen molar-refractivity contribution in [2.75, 3.05) is 21.3 Å². The van der Waals surface area contributed by atoms with E-state index in [-0.39, 0.29) is 38.3 Å². The van der Waals surface area contributed by atoms with Crippen molar-refractivity contribution >= 4 is 13.3 Å². The topological polar surface area (TPSA) is 60.7 Å². The van der Waals surface area contributed by atoms with Gasteiger partial charge in [0, 0.05) is 47.5 Å². The Morgan fingerprint density at radius 3 is 0.960 bits per heavy atom. The van der Waals surface area contributed by atoms with Crippen LogP contribution in [-0.4, -0.2) is 62.1 Å². The number of alkyl halides is 9. The Balaban J connectivity index is -0.000000284. The summed E-state index contributed by atoms with van der Waals surface area (Å²) in [6.45, 7) is 0. The van der Waals surface area contributed by atoms with Gasteiger partial charge < -0.3 is 15.3 Å². The van der Waals surface area contributed by atoms with Gasteiger partial charge in [-0.1, -0.05) is 0 Å². The van der Waals surface area contributed by atoms with Crippen LogP contribution in [0.25, 0.3) is 0 Å².